The van der Waals surface area contributed by atoms with Crippen LogP contribution in [0.1, 0.15) is 29.8 Å². The van der Waals surface area contributed by atoms with E-state index in [1.165, 1.54) is 7.11 Å². The molecule has 7 nitrogen and oxygen atoms in total. The molecule has 4 rings (SSSR count). The largest absolute Gasteiger partial charge is 0.490 e. The van der Waals surface area contributed by atoms with Gasteiger partial charge in [-0.3, -0.25) is 14.9 Å². The van der Waals surface area contributed by atoms with E-state index in [9.17, 15) is 14.9 Å². The first kappa shape index (κ1) is 18.7. The number of hydrogen-bond donors (Lipinski definition) is 1. The van der Waals surface area contributed by atoms with E-state index >= 15 is 0 Å². The molecule has 0 saturated heterocycles. The molecule has 1 amide bonds. The van der Waals surface area contributed by atoms with Gasteiger partial charge in [0.1, 0.15) is 5.52 Å². The fraction of sp³-hybridized carbons (Fsp3) is 0.227. The van der Waals surface area contributed by atoms with E-state index in [4.69, 9.17) is 4.74 Å². The van der Waals surface area contributed by atoms with Gasteiger partial charge in [0.2, 0.25) is 5.91 Å². The van der Waals surface area contributed by atoms with Crippen LogP contribution in [0.25, 0.3) is 17.0 Å². The number of methoxy groups -OCH3 is 1. The summed E-state index contributed by atoms with van der Waals surface area (Å²) in [5.74, 6) is 0.130. The Labute approximate surface area is 167 Å². The van der Waals surface area contributed by atoms with Crippen molar-refractivity contribution in [3.8, 4) is 5.75 Å². The number of H-pyrrole nitrogens is 1. The molecule has 1 aromatic heterocycles. The Hall–Kier alpha value is -3.61. The minimum atomic E-state index is -0.431. The molecule has 1 N–H and O–H groups in total. The lowest BCUT2D eigenvalue weighted by Gasteiger charge is -2.32. The number of carbonyl (C=O) groups is 1. The molecule has 2 aromatic carbocycles. The van der Waals surface area contributed by atoms with Crippen molar-refractivity contribution in [2.24, 2.45) is 0 Å². The molecule has 1 unspecified atom stereocenters. The lowest BCUT2D eigenvalue weighted by atomic mass is 9.98. The average Bonchev–Trinajstić information content (AvgIpc) is 3.11. The van der Waals surface area contributed by atoms with Crippen molar-refractivity contribution in [2.75, 3.05) is 13.7 Å². The fourth-order valence-corrected chi connectivity index (χ4v) is 3.99. The van der Waals surface area contributed by atoms with Crippen LogP contribution in [0, 0.1) is 10.1 Å². The minimum absolute atomic E-state index is 0.0755. The van der Waals surface area contributed by atoms with Gasteiger partial charge >= 0.3 is 5.69 Å². The number of fused-ring (bicyclic) bond motifs is 3. The average molecular weight is 391 g/mol. The topological polar surface area (TPSA) is 88.5 Å². The number of nitrogens with zero attached hydrogens (tertiary/aromatic N) is 2. The summed E-state index contributed by atoms with van der Waals surface area (Å²) < 4.78 is 5.17. The van der Waals surface area contributed by atoms with E-state index in [1.807, 2.05) is 43.3 Å². The van der Waals surface area contributed by atoms with Gasteiger partial charge in [-0.15, -0.1) is 0 Å². The molecule has 0 fully saturated rings. The number of aromatic nitrogens is 1. The van der Waals surface area contributed by atoms with E-state index in [0.29, 0.717) is 18.5 Å². The van der Waals surface area contributed by atoms with E-state index in [0.717, 1.165) is 22.2 Å². The number of amides is 1. The molecule has 1 atom stereocenters. The monoisotopic (exact) mass is 391 g/mol. The van der Waals surface area contributed by atoms with E-state index in [1.54, 1.807) is 23.1 Å². The predicted octanol–water partition coefficient (Wildman–Crippen LogP) is 4.24. The number of aromatic amines is 1. The van der Waals surface area contributed by atoms with Gasteiger partial charge in [-0.1, -0.05) is 30.3 Å². The molecule has 0 saturated carbocycles. The van der Waals surface area contributed by atoms with Gasteiger partial charge in [-0.25, -0.2) is 0 Å². The molecule has 0 aliphatic carbocycles. The molecule has 2 heterocycles. The lowest BCUT2D eigenvalue weighted by Crippen LogP contribution is -2.37. The quantitative estimate of drug-likeness (QED) is 0.409. The number of nitro benzene ring substituents is 1. The predicted molar refractivity (Wildman–Crippen MR) is 111 cm³/mol. The van der Waals surface area contributed by atoms with Gasteiger partial charge in [-0.05, 0) is 42.7 Å². The summed E-state index contributed by atoms with van der Waals surface area (Å²) in [5, 5.41) is 12.4. The molecule has 1 aliphatic heterocycles. The van der Waals surface area contributed by atoms with Gasteiger partial charge < -0.3 is 14.6 Å². The molecule has 29 heavy (non-hydrogen) atoms. The SMILES string of the molecule is COc1ccc2c3c([nH]c2c1[N+](=O)[O-])C(C)N(C(=O)C=Cc1ccccc1)CC3. The number of nitrogens with one attached hydrogen (secondary N) is 1. The van der Waals surface area contributed by atoms with Crippen LogP contribution in [-0.4, -0.2) is 34.4 Å². The molecule has 148 valence electrons. The molecule has 0 radical (unpaired) electrons. The third kappa shape index (κ3) is 3.24. The van der Waals surface area contributed by atoms with Crippen LogP contribution in [0.5, 0.6) is 5.75 Å². The second-order valence-electron chi connectivity index (χ2n) is 7.01. The highest BCUT2D eigenvalue weighted by Crippen LogP contribution is 2.41. The Morgan fingerprint density at radius 2 is 2.03 bits per heavy atom. The fourth-order valence-electron chi connectivity index (χ4n) is 3.99. The Balaban J connectivity index is 1.68. The number of benzene rings is 2. The zero-order valence-electron chi connectivity index (χ0n) is 16.2. The summed E-state index contributed by atoms with van der Waals surface area (Å²) >= 11 is 0. The van der Waals surface area contributed by atoms with Crippen LogP contribution in [0.4, 0.5) is 5.69 Å². The normalized spacial score (nSPS) is 16.2. The van der Waals surface area contributed by atoms with E-state index in [-0.39, 0.29) is 23.4 Å². The molecular weight excluding hydrogens is 370 g/mol. The van der Waals surface area contributed by atoms with Crippen molar-refractivity contribution in [2.45, 2.75) is 19.4 Å². The summed E-state index contributed by atoms with van der Waals surface area (Å²) in [5.41, 5.74) is 3.19. The molecular formula is C22H21N3O4. The standard InChI is InChI=1S/C22H21N3O4/c1-14-20-17(16-9-10-18(29-2)22(25(27)28)21(16)23-20)12-13-24(14)19(26)11-8-15-6-4-3-5-7-15/h3-11,14,23H,12-13H2,1-2H3. The van der Waals surface area contributed by atoms with Crippen LogP contribution in [0.15, 0.2) is 48.5 Å². The van der Waals surface area contributed by atoms with Crippen molar-refractivity contribution >= 4 is 28.6 Å². The number of nitro groups is 1. The second kappa shape index (κ2) is 7.43. The maximum absolute atomic E-state index is 12.8. The number of ether oxygens (including phenoxy) is 1. The Kier molecular flexibility index (Phi) is 4.80. The van der Waals surface area contributed by atoms with Gasteiger partial charge in [0.05, 0.1) is 18.1 Å². The zero-order chi connectivity index (χ0) is 20.5. The van der Waals surface area contributed by atoms with Crippen molar-refractivity contribution in [1.82, 2.24) is 9.88 Å². The molecule has 1 aliphatic rings. The highest BCUT2D eigenvalue weighted by Gasteiger charge is 2.32. The van der Waals surface area contributed by atoms with Crippen molar-refractivity contribution in [1.29, 1.82) is 0 Å². The first-order valence-electron chi connectivity index (χ1n) is 9.40. The van der Waals surface area contributed by atoms with Crippen molar-refractivity contribution < 1.29 is 14.5 Å². The first-order valence-corrected chi connectivity index (χ1v) is 9.40. The summed E-state index contributed by atoms with van der Waals surface area (Å²) in [6.45, 7) is 2.49. The van der Waals surface area contributed by atoms with Gasteiger partial charge in [0, 0.05) is 23.7 Å². The Morgan fingerprint density at radius 1 is 1.28 bits per heavy atom. The highest BCUT2D eigenvalue weighted by atomic mass is 16.6. The maximum Gasteiger partial charge on any atom is 0.334 e. The highest BCUT2D eigenvalue weighted by molar-refractivity contribution is 5.96. The first-order chi connectivity index (χ1) is 14.0. The van der Waals surface area contributed by atoms with Gasteiger partial charge in [-0.2, -0.15) is 0 Å². The maximum atomic E-state index is 12.8. The van der Waals surface area contributed by atoms with Crippen LogP contribution in [0.2, 0.25) is 0 Å². The van der Waals surface area contributed by atoms with E-state index in [2.05, 4.69) is 4.98 Å². The minimum Gasteiger partial charge on any atom is -0.490 e. The molecule has 3 aromatic rings. The number of carbonyl (C=O) groups excluding carboxylic acids is 1. The molecule has 0 spiro atoms. The molecule has 7 heteroatoms. The Bertz CT molecular complexity index is 1120. The smallest absolute Gasteiger partial charge is 0.334 e. The number of hydrogen-bond acceptors (Lipinski definition) is 4. The van der Waals surface area contributed by atoms with Crippen LogP contribution >= 0.6 is 0 Å². The third-order valence-electron chi connectivity index (χ3n) is 5.44. The Morgan fingerprint density at radius 3 is 2.72 bits per heavy atom. The van der Waals surface area contributed by atoms with Crippen molar-refractivity contribution in [3.05, 3.63) is 75.5 Å². The van der Waals surface area contributed by atoms with E-state index < -0.39 is 4.92 Å². The van der Waals surface area contributed by atoms with Gasteiger partial charge in [0.15, 0.2) is 5.75 Å². The number of rotatable bonds is 4. The lowest BCUT2D eigenvalue weighted by molar-refractivity contribution is -0.384. The van der Waals surface area contributed by atoms with Crippen LogP contribution < -0.4 is 4.74 Å². The summed E-state index contributed by atoms with van der Waals surface area (Å²) in [6.07, 6.45) is 4.00. The zero-order valence-corrected chi connectivity index (χ0v) is 16.2. The van der Waals surface area contributed by atoms with Crippen molar-refractivity contribution in [3.63, 3.8) is 0 Å². The van der Waals surface area contributed by atoms with Crippen LogP contribution in [-0.2, 0) is 11.2 Å². The van der Waals surface area contributed by atoms with Crippen LogP contribution in [0.3, 0.4) is 0 Å². The molecule has 0 bridgehead atoms. The van der Waals surface area contributed by atoms with Gasteiger partial charge in [0.25, 0.3) is 0 Å². The summed E-state index contributed by atoms with van der Waals surface area (Å²) in [7, 11) is 1.42. The third-order valence-corrected chi connectivity index (χ3v) is 5.44. The summed E-state index contributed by atoms with van der Waals surface area (Å²) in [6, 6.07) is 12.9. The second-order valence-corrected chi connectivity index (χ2v) is 7.01. The summed E-state index contributed by atoms with van der Waals surface area (Å²) in [4.78, 5) is 28.9.